The van der Waals surface area contributed by atoms with Gasteiger partial charge in [0.2, 0.25) is 0 Å². The van der Waals surface area contributed by atoms with E-state index in [9.17, 15) is 9.59 Å². The summed E-state index contributed by atoms with van der Waals surface area (Å²) in [5, 5.41) is 8.69. The Labute approximate surface area is 179 Å². The van der Waals surface area contributed by atoms with E-state index in [2.05, 4.69) is 32.5 Å². The fourth-order valence-electron chi connectivity index (χ4n) is 5.34. The Kier molecular flexibility index (Phi) is 5.46. The molecule has 5 rings (SSSR count). The zero-order chi connectivity index (χ0) is 20.1. The highest BCUT2D eigenvalue weighted by molar-refractivity contribution is 5.85. The molecule has 1 fully saturated rings. The van der Waals surface area contributed by atoms with Gasteiger partial charge in [0.05, 0.1) is 12.8 Å². The summed E-state index contributed by atoms with van der Waals surface area (Å²) in [5.74, 6) is 2.06. The number of benzene rings is 1. The summed E-state index contributed by atoms with van der Waals surface area (Å²) >= 11 is 0. The third-order valence-corrected chi connectivity index (χ3v) is 6.59. The Morgan fingerprint density at radius 3 is 2.90 bits per heavy atom. The molecule has 0 saturated carbocycles. The number of aromatic amines is 2. The molecular formula is C21H26ClN5O3. The number of H-pyrrole nitrogens is 2. The molecule has 3 aromatic rings. The predicted octanol–water partition coefficient (Wildman–Crippen LogP) is 1.63. The van der Waals surface area contributed by atoms with E-state index >= 15 is 0 Å². The molecule has 3 atom stereocenters. The maximum absolute atomic E-state index is 12.3. The highest BCUT2D eigenvalue weighted by atomic mass is 35.5. The van der Waals surface area contributed by atoms with Crippen molar-refractivity contribution in [1.29, 1.82) is 0 Å². The normalized spacial score (nSPS) is 22.4. The molecule has 30 heavy (non-hydrogen) atoms. The van der Waals surface area contributed by atoms with Crippen LogP contribution in [0, 0.1) is 5.92 Å². The van der Waals surface area contributed by atoms with Gasteiger partial charge in [-0.1, -0.05) is 12.1 Å². The van der Waals surface area contributed by atoms with Crippen molar-refractivity contribution >= 4 is 23.4 Å². The number of methoxy groups -OCH3 is 1. The van der Waals surface area contributed by atoms with Crippen molar-refractivity contribution in [3.63, 3.8) is 0 Å². The summed E-state index contributed by atoms with van der Waals surface area (Å²) in [4.78, 5) is 28.9. The van der Waals surface area contributed by atoms with Crippen LogP contribution in [0.1, 0.15) is 35.6 Å². The average Bonchev–Trinajstić information content (AvgIpc) is 3.27. The predicted molar refractivity (Wildman–Crippen MR) is 117 cm³/mol. The number of nitrogens with one attached hydrogen (secondary N) is 3. The van der Waals surface area contributed by atoms with E-state index in [1.807, 2.05) is 6.07 Å². The van der Waals surface area contributed by atoms with Gasteiger partial charge in [0.25, 0.3) is 5.56 Å². The lowest BCUT2D eigenvalue weighted by molar-refractivity contribution is 0.377. The molecular weight excluding hydrogens is 406 g/mol. The molecule has 1 aliphatic carbocycles. The van der Waals surface area contributed by atoms with Gasteiger partial charge in [0, 0.05) is 19.0 Å². The number of nitrogens with zero attached hydrogens (tertiary/aromatic N) is 2. The number of halogens is 1. The van der Waals surface area contributed by atoms with Crippen molar-refractivity contribution in [3.8, 4) is 5.75 Å². The van der Waals surface area contributed by atoms with Crippen LogP contribution in [0.25, 0.3) is 11.0 Å². The number of rotatable bonds is 4. The van der Waals surface area contributed by atoms with Gasteiger partial charge >= 0.3 is 5.69 Å². The molecule has 1 unspecified atom stereocenters. The molecule has 0 spiro atoms. The van der Waals surface area contributed by atoms with Crippen molar-refractivity contribution in [2.75, 3.05) is 13.7 Å². The zero-order valence-electron chi connectivity index (χ0n) is 17.0. The Bertz CT molecular complexity index is 1200. The molecule has 3 N–H and O–H groups in total. The van der Waals surface area contributed by atoms with Gasteiger partial charge < -0.3 is 10.1 Å². The van der Waals surface area contributed by atoms with Crippen LogP contribution in [0.15, 0.2) is 27.8 Å². The number of aryl methyl sites for hydroxylation is 2. The molecule has 8 nitrogen and oxygen atoms in total. The average molecular weight is 432 g/mol. The van der Waals surface area contributed by atoms with Crippen LogP contribution in [0.4, 0.5) is 0 Å². The molecule has 0 radical (unpaired) electrons. The Hall–Kier alpha value is -2.58. The number of hydrogen-bond acceptors (Lipinski definition) is 5. The molecule has 160 valence electrons. The van der Waals surface area contributed by atoms with Crippen molar-refractivity contribution in [3.05, 3.63) is 55.9 Å². The number of hydrogen-bond donors (Lipinski definition) is 3. The van der Waals surface area contributed by atoms with E-state index in [4.69, 9.17) is 4.74 Å². The minimum Gasteiger partial charge on any atom is -0.496 e. The van der Waals surface area contributed by atoms with E-state index in [0.29, 0.717) is 35.3 Å². The quantitative estimate of drug-likeness (QED) is 0.582. The minimum atomic E-state index is -0.509. The number of fused-ring (bicyclic) bond motifs is 4. The van der Waals surface area contributed by atoms with E-state index < -0.39 is 5.69 Å². The number of ether oxygens (including phenoxy) is 1. The molecule has 0 bridgehead atoms. The first-order valence-corrected chi connectivity index (χ1v) is 10.1. The van der Waals surface area contributed by atoms with Gasteiger partial charge in [0.15, 0.2) is 0 Å². The lowest BCUT2D eigenvalue weighted by atomic mass is 9.73. The molecule has 0 amide bonds. The summed E-state index contributed by atoms with van der Waals surface area (Å²) in [7, 11) is 3.48. The SMILES string of the molecule is COc1cccc2c1CC[C@H]1CNC(CCc3nn(C)c4[nH]c(=O)[nH]c(=O)c34)[C@@H]21.Cl. The number of aromatic nitrogens is 4. The second-order valence-corrected chi connectivity index (χ2v) is 8.11. The van der Waals surface area contributed by atoms with Gasteiger partial charge in [-0.15, -0.1) is 12.4 Å². The first-order valence-electron chi connectivity index (χ1n) is 10.1. The smallest absolute Gasteiger partial charge is 0.327 e. The van der Waals surface area contributed by atoms with Crippen molar-refractivity contribution in [2.45, 2.75) is 37.6 Å². The summed E-state index contributed by atoms with van der Waals surface area (Å²) in [6.45, 7) is 1.02. The summed E-state index contributed by atoms with van der Waals surface area (Å²) in [6, 6.07) is 6.69. The summed E-state index contributed by atoms with van der Waals surface area (Å²) < 4.78 is 7.18. The van der Waals surface area contributed by atoms with Gasteiger partial charge in [-0.2, -0.15) is 5.10 Å². The third kappa shape index (κ3) is 3.24. The Morgan fingerprint density at radius 1 is 1.27 bits per heavy atom. The fourth-order valence-corrected chi connectivity index (χ4v) is 5.34. The van der Waals surface area contributed by atoms with Gasteiger partial charge in [-0.25, -0.2) is 4.79 Å². The van der Waals surface area contributed by atoms with Crippen LogP contribution in [-0.2, 0) is 19.9 Å². The second-order valence-electron chi connectivity index (χ2n) is 8.11. The monoisotopic (exact) mass is 431 g/mol. The van der Waals surface area contributed by atoms with Crippen molar-refractivity contribution in [2.24, 2.45) is 13.0 Å². The Morgan fingerprint density at radius 2 is 2.10 bits per heavy atom. The molecule has 1 aliphatic heterocycles. The molecule has 3 heterocycles. The maximum atomic E-state index is 12.3. The first kappa shape index (κ1) is 20.7. The summed E-state index contributed by atoms with van der Waals surface area (Å²) in [6.07, 6.45) is 3.77. The van der Waals surface area contributed by atoms with Crippen molar-refractivity contribution < 1.29 is 4.74 Å². The van der Waals surface area contributed by atoms with E-state index in [-0.39, 0.29) is 18.0 Å². The molecule has 9 heteroatoms. The lowest BCUT2D eigenvalue weighted by Crippen LogP contribution is -2.29. The molecule has 2 aromatic heterocycles. The maximum Gasteiger partial charge on any atom is 0.327 e. The van der Waals surface area contributed by atoms with Gasteiger partial charge in [-0.3, -0.25) is 19.4 Å². The van der Waals surface area contributed by atoms with Gasteiger partial charge in [-0.05, 0) is 55.3 Å². The summed E-state index contributed by atoms with van der Waals surface area (Å²) in [5.41, 5.74) is 3.04. The highest BCUT2D eigenvalue weighted by Crippen LogP contribution is 2.45. The van der Waals surface area contributed by atoms with Gasteiger partial charge in [0.1, 0.15) is 16.8 Å². The van der Waals surface area contributed by atoms with E-state index in [1.165, 1.54) is 11.1 Å². The van der Waals surface area contributed by atoms with Crippen LogP contribution in [-0.4, -0.2) is 39.4 Å². The molecule has 2 aliphatic rings. The molecule has 1 saturated heterocycles. The zero-order valence-corrected chi connectivity index (χ0v) is 17.8. The van der Waals surface area contributed by atoms with E-state index in [1.54, 1.807) is 18.8 Å². The Balaban J connectivity index is 0.00000218. The second kappa shape index (κ2) is 7.92. The minimum absolute atomic E-state index is 0. The van der Waals surface area contributed by atoms with Crippen molar-refractivity contribution in [1.82, 2.24) is 25.1 Å². The van der Waals surface area contributed by atoms with Crippen LogP contribution in [0.5, 0.6) is 5.75 Å². The fraction of sp³-hybridized carbons (Fsp3) is 0.476. The van der Waals surface area contributed by atoms with Crippen LogP contribution in [0.2, 0.25) is 0 Å². The largest absolute Gasteiger partial charge is 0.496 e. The lowest BCUT2D eigenvalue weighted by Gasteiger charge is -2.32. The first-order chi connectivity index (χ1) is 14.1. The van der Waals surface area contributed by atoms with Crippen LogP contribution < -0.4 is 21.3 Å². The highest BCUT2D eigenvalue weighted by Gasteiger charge is 2.40. The van der Waals surface area contributed by atoms with E-state index in [0.717, 1.165) is 37.3 Å². The standard InChI is InChI=1S/C21H25N5O3.ClH/c1-26-19-18(20(27)24-21(28)23-19)15(25-26)9-8-14-17-11(10-22-14)6-7-12-13(17)4-3-5-16(12)29-2;/h3-5,11,14,17,22H,6-10H2,1-2H3,(H2,23,24,27,28);1H/t11-,14?,17+;/m0./s1. The topological polar surface area (TPSA) is 105 Å². The van der Waals surface area contributed by atoms with Crippen LogP contribution in [0.3, 0.4) is 0 Å². The third-order valence-electron chi connectivity index (χ3n) is 6.59. The van der Waals surface area contributed by atoms with Crippen LogP contribution >= 0.6 is 12.4 Å². The molecule has 1 aromatic carbocycles.